The van der Waals surface area contributed by atoms with Crippen LogP contribution in [0.25, 0.3) is 0 Å². The molecule has 2 aliphatic rings. The Labute approximate surface area is 117 Å². The van der Waals surface area contributed by atoms with Gasteiger partial charge in [0.25, 0.3) is 0 Å². The quantitative estimate of drug-likeness (QED) is 0.295. The van der Waals surface area contributed by atoms with Crippen molar-refractivity contribution in [3.05, 3.63) is 0 Å². The number of rotatable bonds is 0. The third-order valence-electron chi connectivity index (χ3n) is 2.80. The normalized spacial score (nSPS) is 30.0. The van der Waals surface area contributed by atoms with Crippen LogP contribution < -0.4 is 0 Å². The molecule has 0 amide bonds. The molecule has 2 rings (SSSR count). The highest BCUT2D eigenvalue weighted by Gasteiger charge is 2.63. The molecule has 116 valence electrons. The van der Waals surface area contributed by atoms with Crippen LogP contribution in [0.4, 0.5) is 0 Å². The number of ether oxygens (including phenoxy) is 4. The second-order valence-corrected chi connectivity index (χ2v) is 4.44. The monoisotopic (exact) mass is 304 g/mol. The van der Waals surface area contributed by atoms with Crippen molar-refractivity contribution in [2.45, 2.75) is 37.4 Å². The zero-order valence-electron chi connectivity index (χ0n) is 10.7. The Hall–Kier alpha value is -2.20. The van der Waals surface area contributed by atoms with E-state index in [0.717, 1.165) is 0 Å². The minimum absolute atomic E-state index is 0.285. The van der Waals surface area contributed by atoms with Crippen LogP contribution >= 0.6 is 0 Å². The molecule has 1 atom stereocenters. The van der Waals surface area contributed by atoms with Crippen molar-refractivity contribution < 1.29 is 48.3 Å². The van der Waals surface area contributed by atoms with Gasteiger partial charge in [0.2, 0.25) is 0 Å². The van der Waals surface area contributed by atoms with E-state index in [0.29, 0.717) is 0 Å². The molecular formula is C11H12O10. The van der Waals surface area contributed by atoms with E-state index in [2.05, 4.69) is 9.47 Å². The van der Waals surface area contributed by atoms with Crippen molar-refractivity contribution in [3.63, 3.8) is 0 Å². The lowest BCUT2D eigenvalue weighted by Crippen LogP contribution is -2.65. The number of aliphatic hydroxyl groups is 2. The van der Waals surface area contributed by atoms with Gasteiger partial charge in [-0.3, -0.25) is 19.2 Å². The second-order valence-electron chi connectivity index (χ2n) is 4.44. The smallest absolute Gasteiger partial charge is 0.410 e. The SMILES string of the molecule is O=C1CCC(=O)OC2(CO1)OC(=O)CCC(=O)OC2(O)O. The molecule has 2 aliphatic heterocycles. The number of hydrogen-bond donors (Lipinski definition) is 2. The minimum atomic E-state index is -3.49. The summed E-state index contributed by atoms with van der Waals surface area (Å²) in [6.07, 6.45) is -1.59. The van der Waals surface area contributed by atoms with Gasteiger partial charge in [0.05, 0.1) is 25.7 Å². The summed E-state index contributed by atoms with van der Waals surface area (Å²) in [7, 11) is 0. The Morgan fingerprint density at radius 2 is 1.14 bits per heavy atom. The summed E-state index contributed by atoms with van der Waals surface area (Å²) < 4.78 is 18.4. The lowest BCUT2D eigenvalue weighted by molar-refractivity contribution is -0.450. The first-order valence-electron chi connectivity index (χ1n) is 6.00. The summed E-state index contributed by atoms with van der Waals surface area (Å²) in [6.45, 7) is -1.02. The van der Waals surface area contributed by atoms with Gasteiger partial charge in [-0.1, -0.05) is 0 Å². The lowest BCUT2D eigenvalue weighted by Gasteiger charge is -2.40. The van der Waals surface area contributed by atoms with Gasteiger partial charge in [0.15, 0.2) is 6.61 Å². The van der Waals surface area contributed by atoms with Crippen LogP contribution in [-0.2, 0) is 38.1 Å². The van der Waals surface area contributed by atoms with Crippen molar-refractivity contribution in [1.82, 2.24) is 0 Å². The molecule has 0 radical (unpaired) electrons. The molecule has 2 heterocycles. The molecule has 0 saturated carbocycles. The van der Waals surface area contributed by atoms with Crippen molar-refractivity contribution in [2.75, 3.05) is 6.61 Å². The van der Waals surface area contributed by atoms with Gasteiger partial charge >= 0.3 is 35.6 Å². The fourth-order valence-electron chi connectivity index (χ4n) is 1.72. The molecule has 0 aromatic rings. The lowest BCUT2D eigenvalue weighted by atomic mass is 10.1. The summed E-state index contributed by atoms with van der Waals surface area (Å²) in [4.78, 5) is 45.7. The van der Waals surface area contributed by atoms with Crippen molar-refractivity contribution >= 4 is 23.9 Å². The van der Waals surface area contributed by atoms with Crippen LogP contribution in [0.1, 0.15) is 25.7 Å². The molecule has 0 aromatic carbocycles. The van der Waals surface area contributed by atoms with Gasteiger partial charge in [0, 0.05) is 0 Å². The summed E-state index contributed by atoms with van der Waals surface area (Å²) in [5.41, 5.74) is 0. The molecule has 2 saturated heterocycles. The van der Waals surface area contributed by atoms with Crippen molar-refractivity contribution in [1.29, 1.82) is 0 Å². The van der Waals surface area contributed by atoms with E-state index >= 15 is 0 Å². The average molecular weight is 304 g/mol. The highest BCUT2D eigenvalue weighted by molar-refractivity contribution is 5.81. The Kier molecular flexibility index (Phi) is 3.83. The zero-order valence-corrected chi connectivity index (χ0v) is 10.7. The Balaban J connectivity index is 2.39. The van der Waals surface area contributed by atoms with Gasteiger partial charge in [-0.15, -0.1) is 0 Å². The topological polar surface area (TPSA) is 146 Å². The van der Waals surface area contributed by atoms with E-state index in [1.165, 1.54) is 0 Å². The van der Waals surface area contributed by atoms with Crippen molar-refractivity contribution in [3.8, 4) is 0 Å². The fourth-order valence-corrected chi connectivity index (χ4v) is 1.72. The summed E-state index contributed by atoms with van der Waals surface area (Å²) >= 11 is 0. The molecule has 0 bridgehead atoms. The summed E-state index contributed by atoms with van der Waals surface area (Å²) in [5, 5.41) is 19.7. The summed E-state index contributed by atoms with van der Waals surface area (Å²) in [6, 6.07) is 0. The maximum Gasteiger partial charge on any atom is 0.410 e. The van der Waals surface area contributed by atoms with E-state index < -0.39 is 61.5 Å². The molecule has 1 unspecified atom stereocenters. The Morgan fingerprint density at radius 3 is 1.67 bits per heavy atom. The van der Waals surface area contributed by atoms with Crippen molar-refractivity contribution in [2.24, 2.45) is 0 Å². The summed E-state index contributed by atoms with van der Waals surface area (Å²) in [5.74, 6) is -10.4. The first-order valence-corrected chi connectivity index (χ1v) is 6.00. The maximum absolute atomic E-state index is 11.5. The second kappa shape index (κ2) is 5.30. The van der Waals surface area contributed by atoms with Gasteiger partial charge in [-0.25, -0.2) is 0 Å². The standard InChI is InChI=1S/C11H12O10/c12-6-1-2-7(13)19-10(5-18-6)11(16,17)21-9(15)4-3-8(14)20-10/h16-17H,1-5H2. The van der Waals surface area contributed by atoms with E-state index in [1.807, 2.05) is 0 Å². The first-order chi connectivity index (χ1) is 9.74. The van der Waals surface area contributed by atoms with E-state index in [9.17, 15) is 29.4 Å². The predicted octanol–water partition coefficient (Wildman–Crippen LogP) is -1.92. The molecule has 10 heteroatoms. The third kappa shape index (κ3) is 3.11. The van der Waals surface area contributed by atoms with Crippen LogP contribution in [0.2, 0.25) is 0 Å². The molecule has 2 fully saturated rings. The van der Waals surface area contributed by atoms with E-state index in [-0.39, 0.29) is 6.42 Å². The van der Waals surface area contributed by atoms with Crippen LogP contribution in [0.5, 0.6) is 0 Å². The molecular weight excluding hydrogens is 292 g/mol. The number of esters is 4. The third-order valence-corrected chi connectivity index (χ3v) is 2.80. The molecule has 2 N–H and O–H groups in total. The number of hydrogen-bond acceptors (Lipinski definition) is 10. The predicted molar refractivity (Wildman–Crippen MR) is 57.6 cm³/mol. The van der Waals surface area contributed by atoms with E-state index in [1.54, 1.807) is 0 Å². The van der Waals surface area contributed by atoms with Gasteiger partial charge < -0.3 is 29.2 Å². The van der Waals surface area contributed by atoms with Crippen LogP contribution in [-0.4, -0.2) is 52.5 Å². The minimum Gasteiger partial charge on any atom is -0.457 e. The maximum atomic E-state index is 11.5. The van der Waals surface area contributed by atoms with Gasteiger partial charge in [0.1, 0.15) is 0 Å². The zero-order chi connectivity index (χ0) is 15.7. The molecule has 1 spiro atoms. The van der Waals surface area contributed by atoms with E-state index in [4.69, 9.17) is 9.47 Å². The van der Waals surface area contributed by atoms with Gasteiger partial charge in [-0.2, -0.15) is 0 Å². The Bertz CT molecular complexity index is 477. The largest absolute Gasteiger partial charge is 0.457 e. The molecule has 10 nitrogen and oxygen atoms in total. The van der Waals surface area contributed by atoms with Crippen LogP contribution in [0.15, 0.2) is 0 Å². The Morgan fingerprint density at radius 1 is 0.714 bits per heavy atom. The highest BCUT2D eigenvalue weighted by atomic mass is 16.9. The molecule has 0 aromatic heterocycles. The molecule has 21 heavy (non-hydrogen) atoms. The number of cyclic esters (lactones) is 2. The highest BCUT2D eigenvalue weighted by Crippen LogP contribution is 2.33. The van der Waals surface area contributed by atoms with Crippen LogP contribution in [0.3, 0.4) is 0 Å². The van der Waals surface area contributed by atoms with Crippen LogP contribution in [0, 0.1) is 0 Å². The number of carbonyl (C=O) groups excluding carboxylic acids is 4. The number of carbonyl (C=O) groups is 4. The van der Waals surface area contributed by atoms with Gasteiger partial charge in [-0.05, 0) is 0 Å². The first kappa shape index (κ1) is 15.2. The molecule has 0 aliphatic carbocycles. The average Bonchev–Trinajstić information content (AvgIpc) is 2.37. The fraction of sp³-hybridized carbons (Fsp3) is 0.636.